The number of benzene rings is 1. The molecule has 2 bridgehead atoms. The van der Waals surface area contributed by atoms with Crippen molar-refractivity contribution < 1.29 is 9.47 Å². The average Bonchev–Trinajstić information content (AvgIpc) is 2.70. The van der Waals surface area contributed by atoms with Crippen molar-refractivity contribution in [2.24, 2.45) is 11.8 Å². The Morgan fingerprint density at radius 2 is 2.06 bits per heavy atom. The molecular weight excluding hydrogens is 212 g/mol. The highest BCUT2D eigenvalue weighted by Gasteiger charge is 2.78. The van der Waals surface area contributed by atoms with E-state index in [1.165, 1.54) is 31.2 Å². The van der Waals surface area contributed by atoms with Crippen molar-refractivity contribution in [3.05, 3.63) is 35.9 Å². The van der Waals surface area contributed by atoms with Crippen LogP contribution in [0.2, 0.25) is 0 Å². The molecule has 0 aromatic heterocycles. The number of hydrogen-bond acceptors (Lipinski definition) is 2. The van der Waals surface area contributed by atoms with E-state index in [-0.39, 0.29) is 5.60 Å². The van der Waals surface area contributed by atoms with Crippen molar-refractivity contribution in [1.82, 2.24) is 0 Å². The second kappa shape index (κ2) is 3.12. The van der Waals surface area contributed by atoms with Crippen LogP contribution in [-0.2, 0) is 15.3 Å². The van der Waals surface area contributed by atoms with E-state index in [4.69, 9.17) is 9.47 Å². The smallest absolute Gasteiger partial charge is 0.225 e. The Kier molecular flexibility index (Phi) is 1.85. The first-order valence-corrected chi connectivity index (χ1v) is 6.61. The number of epoxide rings is 1. The summed E-state index contributed by atoms with van der Waals surface area (Å²) in [7, 11) is 1.79. The zero-order chi connectivity index (χ0) is 11.5. The maximum absolute atomic E-state index is 6.20. The Balaban J connectivity index is 1.74. The van der Waals surface area contributed by atoms with Crippen molar-refractivity contribution in [3.8, 4) is 0 Å². The Morgan fingerprint density at radius 1 is 1.24 bits per heavy atom. The fourth-order valence-electron chi connectivity index (χ4n) is 4.33. The van der Waals surface area contributed by atoms with Crippen LogP contribution in [0.5, 0.6) is 0 Å². The van der Waals surface area contributed by atoms with Crippen LogP contribution in [0.15, 0.2) is 30.3 Å². The summed E-state index contributed by atoms with van der Waals surface area (Å²) in [6.45, 7) is 0. The van der Waals surface area contributed by atoms with Gasteiger partial charge in [0.2, 0.25) is 5.79 Å². The SMILES string of the molecule is COC1(c2ccccc2)OC12CC1CCC2C1. The van der Waals surface area contributed by atoms with E-state index in [2.05, 4.69) is 24.3 Å². The Hall–Kier alpha value is -0.860. The van der Waals surface area contributed by atoms with Crippen molar-refractivity contribution >= 4 is 0 Å². The molecule has 3 fully saturated rings. The van der Waals surface area contributed by atoms with Gasteiger partial charge in [-0.3, -0.25) is 0 Å². The summed E-state index contributed by atoms with van der Waals surface area (Å²) in [5, 5.41) is 0. The van der Waals surface area contributed by atoms with Gasteiger partial charge in [0.05, 0.1) is 0 Å². The third-order valence-electron chi connectivity index (χ3n) is 5.08. The minimum absolute atomic E-state index is 0.00597. The summed E-state index contributed by atoms with van der Waals surface area (Å²) in [6, 6.07) is 10.4. The summed E-state index contributed by atoms with van der Waals surface area (Å²) < 4.78 is 12.0. The highest BCUT2D eigenvalue weighted by molar-refractivity contribution is 5.33. The molecule has 2 heteroatoms. The van der Waals surface area contributed by atoms with Gasteiger partial charge in [-0.15, -0.1) is 0 Å². The molecule has 17 heavy (non-hydrogen) atoms. The molecule has 4 rings (SSSR count). The number of ether oxygens (including phenoxy) is 2. The monoisotopic (exact) mass is 230 g/mol. The van der Waals surface area contributed by atoms with Gasteiger partial charge in [0.15, 0.2) is 0 Å². The molecule has 2 aliphatic carbocycles. The molecular formula is C15H18O2. The standard InChI is InChI=1S/C15H18O2/c1-16-15(12-5-3-2-4-6-12)14(17-15)10-11-7-8-13(14)9-11/h2-6,11,13H,7-10H2,1H3. The number of rotatable bonds is 2. The molecule has 1 spiro atoms. The van der Waals surface area contributed by atoms with Crippen LogP contribution in [0, 0.1) is 11.8 Å². The summed E-state index contributed by atoms with van der Waals surface area (Å²) >= 11 is 0. The third-order valence-corrected chi connectivity index (χ3v) is 5.08. The maximum Gasteiger partial charge on any atom is 0.225 e. The van der Waals surface area contributed by atoms with Gasteiger partial charge in [-0.25, -0.2) is 0 Å². The molecule has 0 radical (unpaired) electrons. The van der Waals surface area contributed by atoms with Crippen LogP contribution in [0.25, 0.3) is 0 Å². The van der Waals surface area contributed by atoms with Crippen molar-refractivity contribution in [2.75, 3.05) is 7.11 Å². The van der Waals surface area contributed by atoms with Crippen molar-refractivity contribution in [2.45, 2.75) is 37.1 Å². The quantitative estimate of drug-likeness (QED) is 0.728. The lowest BCUT2D eigenvalue weighted by Crippen LogP contribution is -2.31. The van der Waals surface area contributed by atoms with E-state index in [0.29, 0.717) is 5.92 Å². The van der Waals surface area contributed by atoms with Crippen molar-refractivity contribution in [3.63, 3.8) is 0 Å². The van der Waals surface area contributed by atoms with Gasteiger partial charge in [-0.2, -0.15) is 0 Å². The highest BCUT2D eigenvalue weighted by Crippen LogP contribution is 2.71. The molecule has 90 valence electrons. The summed E-state index contributed by atoms with van der Waals surface area (Å²) in [5.74, 6) is 1.15. The van der Waals surface area contributed by atoms with Gasteiger partial charge in [-0.05, 0) is 37.5 Å². The van der Waals surface area contributed by atoms with Crippen LogP contribution in [-0.4, -0.2) is 12.7 Å². The van der Waals surface area contributed by atoms with E-state index in [0.717, 1.165) is 5.92 Å². The fourth-order valence-corrected chi connectivity index (χ4v) is 4.33. The predicted octanol–water partition coefficient (Wildman–Crippen LogP) is 3.07. The van der Waals surface area contributed by atoms with Gasteiger partial charge < -0.3 is 9.47 Å². The van der Waals surface area contributed by atoms with E-state index in [9.17, 15) is 0 Å². The summed E-state index contributed by atoms with van der Waals surface area (Å²) in [5.41, 5.74) is 1.20. The summed E-state index contributed by atoms with van der Waals surface area (Å²) in [4.78, 5) is 0. The second-order valence-electron chi connectivity index (χ2n) is 5.76. The lowest BCUT2D eigenvalue weighted by molar-refractivity contribution is -0.0155. The van der Waals surface area contributed by atoms with Crippen LogP contribution < -0.4 is 0 Å². The Bertz CT molecular complexity index is 443. The van der Waals surface area contributed by atoms with Crippen LogP contribution >= 0.6 is 0 Å². The van der Waals surface area contributed by atoms with E-state index < -0.39 is 5.79 Å². The van der Waals surface area contributed by atoms with Gasteiger partial charge in [0.25, 0.3) is 0 Å². The molecule has 0 N–H and O–H groups in total. The highest BCUT2D eigenvalue weighted by atomic mass is 16.8. The molecule has 0 amide bonds. The molecule has 2 nitrogen and oxygen atoms in total. The first-order valence-electron chi connectivity index (χ1n) is 6.61. The first-order chi connectivity index (χ1) is 8.31. The molecule has 4 unspecified atom stereocenters. The van der Waals surface area contributed by atoms with Gasteiger partial charge in [0, 0.05) is 12.7 Å². The maximum atomic E-state index is 6.20. The number of methoxy groups -OCH3 is 1. The zero-order valence-corrected chi connectivity index (χ0v) is 10.2. The van der Waals surface area contributed by atoms with E-state index >= 15 is 0 Å². The van der Waals surface area contributed by atoms with Crippen molar-refractivity contribution in [1.29, 1.82) is 0 Å². The minimum Gasteiger partial charge on any atom is -0.347 e. The zero-order valence-electron chi connectivity index (χ0n) is 10.2. The van der Waals surface area contributed by atoms with Crippen LogP contribution in [0.1, 0.15) is 31.2 Å². The molecule has 3 aliphatic rings. The number of hydrogen-bond donors (Lipinski definition) is 0. The largest absolute Gasteiger partial charge is 0.347 e. The molecule has 4 atom stereocenters. The van der Waals surface area contributed by atoms with Crippen LogP contribution in [0.4, 0.5) is 0 Å². The Labute approximate surface area is 102 Å². The van der Waals surface area contributed by atoms with Crippen LogP contribution in [0.3, 0.4) is 0 Å². The van der Waals surface area contributed by atoms with E-state index in [1.54, 1.807) is 7.11 Å². The molecule has 1 saturated heterocycles. The average molecular weight is 230 g/mol. The topological polar surface area (TPSA) is 21.8 Å². The van der Waals surface area contributed by atoms with E-state index in [1.807, 2.05) is 6.07 Å². The minimum atomic E-state index is -0.436. The lowest BCUT2D eigenvalue weighted by Gasteiger charge is -2.22. The van der Waals surface area contributed by atoms with Gasteiger partial charge >= 0.3 is 0 Å². The normalized spacial score (nSPS) is 46.6. The predicted molar refractivity (Wildman–Crippen MR) is 64.4 cm³/mol. The fraction of sp³-hybridized carbons (Fsp3) is 0.600. The van der Waals surface area contributed by atoms with Gasteiger partial charge in [-0.1, -0.05) is 30.3 Å². The second-order valence-corrected chi connectivity index (χ2v) is 5.76. The first kappa shape index (κ1) is 10.1. The lowest BCUT2D eigenvalue weighted by atomic mass is 9.82. The molecule has 1 aromatic carbocycles. The molecule has 2 saturated carbocycles. The number of fused-ring (bicyclic) bond motifs is 3. The molecule has 1 heterocycles. The van der Waals surface area contributed by atoms with Gasteiger partial charge in [0.1, 0.15) is 5.60 Å². The molecule has 1 aromatic rings. The Morgan fingerprint density at radius 3 is 2.65 bits per heavy atom. The molecule has 1 aliphatic heterocycles. The summed E-state index contributed by atoms with van der Waals surface area (Å²) in [6.07, 6.45) is 5.26. The third kappa shape index (κ3) is 1.08.